The van der Waals surface area contributed by atoms with Gasteiger partial charge in [0.1, 0.15) is 0 Å². The molecule has 0 aliphatic carbocycles. The van der Waals surface area contributed by atoms with Gasteiger partial charge in [-0.05, 0) is 55.0 Å². The summed E-state index contributed by atoms with van der Waals surface area (Å²) >= 11 is 0. The predicted molar refractivity (Wildman–Crippen MR) is 110 cm³/mol. The topological polar surface area (TPSA) is 88.6 Å². The molecule has 1 aliphatic rings. The van der Waals surface area contributed by atoms with E-state index in [2.05, 4.69) is 10.3 Å². The zero-order valence-corrected chi connectivity index (χ0v) is 16.8. The molecule has 4 rings (SSSR count). The van der Waals surface area contributed by atoms with Gasteiger partial charge in [0.05, 0.1) is 29.3 Å². The van der Waals surface area contributed by atoms with Crippen molar-refractivity contribution < 1.29 is 17.9 Å². The van der Waals surface area contributed by atoms with E-state index in [1.807, 2.05) is 31.2 Å². The maximum absolute atomic E-state index is 12.7. The van der Waals surface area contributed by atoms with Gasteiger partial charge in [0, 0.05) is 30.2 Å². The molecular weight excluding hydrogens is 390 g/mol. The van der Waals surface area contributed by atoms with Gasteiger partial charge in [-0.3, -0.25) is 9.78 Å². The van der Waals surface area contributed by atoms with Crippen LogP contribution in [0.1, 0.15) is 15.9 Å². The molecule has 0 unspecified atom stereocenters. The van der Waals surface area contributed by atoms with Gasteiger partial charge < -0.3 is 10.1 Å². The maximum Gasteiger partial charge on any atom is 0.255 e. The van der Waals surface area contributed by atoms with E-state index in [9.17, 15) is 13.2 Å². The second-order valence-corrected chi connectivity index (χ2v) is 8.76. The molecule has 29 heavy (non-hydrogen) atoms. The lowest BCUT2D eigenvalue weighted by atomic mass is 10.1. The zero-order chi connectivity index (χ0) is 20.4. The van der Waals surface area contributed by atoms with Crippen molar-refractivity contribution in [3.8, 4) is 0 Å². The molecule has 1 fully saturated rings. The summed E-state index contributed by atoms with van der Waals surface area (Å²) in [6.45, 7) is 3.41. The van der Waals surface area contributed by atoms with E-state index in [1.165, 1.54) is 28.6 Å². The van der Waals surface area contributed by atoms with Gasteiger partial charge in [-0.25, -0.2) is 8.42 Å². The Morgan fingerprint density at radius 1 is 1.07 bits per heavy atom. The number of aromatic nitrogens is 1. The normalized spacial score (nSPS) is 15.3. The fourth-order valence-corrected chi connectivity index (χ4v) is 4.74. The molecule has 3 aromatic rings. The van der Waals surface area contributed by atoms with Crippen LogP contribution >= 0.6 is 0 Å². The maximum atomic E-state index is 12.7. The largest absolute Gasteiger partial charge is 0.379 e. The average Bonchev–Trinajstić information content (AvgIpc) is 2.76. The first-order valence-corrected chi connectivity index (χ1v) is 10.7. The Balaban J connectivity index is 1.56. The van der Waals surface area contributed by atoms with Crippen LogP contribution in [-0.2, 0) is 14.8 Å². The summed E-state index contributed by atoms with van der Waals surface area (Å²) in [6.07, 6.45) is 1.72. The number of rotatable bonds is 4. The lowest BCUT2D eigenvalue weighted by Gasteiger charge is -2.26. The number of aryl methyl sites for hydroxylation is 1. The van der Waals surface area contributed by atoms with Gasteiger partial charge in [0.25, 0.3) is 5.91 Å². The number of carbonyl (C=O) groups is 1. The number of nitrogens with one attached hydrogen (secondary N) is 1. The predicted octanol–water partition coefficient (Wildman–Crippen LogP) is 2.82. The van der Waals surface area contributed by atoms with Crippen LogP contribution in [0.4, 0.5) is 5.69 Å². The van der Waals surface area contributed by atoms with Gasteiger partial charge in [-0.15, -0.1) is 0 Å². The van der Waals surface area contributed by atoms with E-state index in [1.54, 1.807) is 6.20 Å². The van der Waals surface area contributed by atoms with Crippen molar-refractivity contribution >= 4 is 32.5 Å². The number of amides is 1. The molecule has 1 saturated heterocycles. The van der Waals surface area contributed by atoms with Crippen LogP contribution in [0.2, 0.25) is 0 Å². The molecule has 1 amide bonds. The first-order valence-electron chi connectivity index (χ1n) is 9.30. The number of ether oxygens (including phenoxy) is 1. The summed E-state index contributed by atoms with van der Waals surface area (Å²) in [5.41, 5.74) is 2.89. The van der Waals surface area contributed by atoms with Crippen LogP contribution in [0.5, 0.6) is 0 Å². The van der Waals surface area contributed by atoms with E-state index in [4.69, 9.17) is 4.74 Å². The third-order valence-electron chi connectivity index (χ3n) is 4.94. The average molecular weight is 411 g/mol. The van der Waals surface area contributed by atoms with Gasteiger partial charge in [-0.1, -0.05) is 6.07 Å². The van der Waals surface area contributed by atoms with Crippen molar-refractivity contribution in [3.05, 3.63) is 65.9 Å². The number of sulfonamides is 1. The Kier molecular flexibility index (Phi) is 5.31. The summed E-state index contributed by atoms with van der Waals surface area (Å²) in [5.74, 6) is -0.311. The van der Waals surface area contributed by atoms with Crippen LogP contribution < -0.4 is 5.32 Å². The minimum atomic E-state index is -3.58. The second kappa shape index (κ2) is 7.90. The summed E-state index contributed by atoms with van der Waals surface area (Å²) in [6, 6.07) is 13.5. The molecule has 7 nitrogen and oxygen atoms in total. The number of benzene rings is 2. The van der Waals surface area contributed by atoms with Crippen molar-refractivity contribution in [2.75, 3.05) is 31.6 Å². The van der Waals surface area contributed by atoms with Gasteiger partial charge in [0.2, 0.25) is 10.0 Å². The molecule has 0 saturated carbocycles. The number of carbonyl (C=O) groups excluding carboxylic acids is 1. The quantitative estimate of drug-likeness (QED) is 0.713. The number of anilines is 1. The SMILES string of the molecule is Cc1ccc(NC(=O)c2ccc(S(=O)(=O)N3CCOCC3)cc2)c2cccnc12. The standard InChI is InChI=1S/C21H21N3O4S/c1-15-4-9-19(18-3-2-10-22-20(15)18)23-21(25)16-5-7-17(8-6-16)29(26,27)24-11-13-28-14-12-24/h2-10H,11-14H2,1H3,(H,23,25). The lowest BCUT2D eigenvalue weighted by Crippen LogP contribution is -2.40. The van der Waals surface area contributed by atoms with Gasteiger partial charge >= 0.3 is 0 Å². The third-order valence-corrected chi connectivity index (χ3v) is 6.86. The van der Waals surface area contributed by atoms with Crippen molar-refractivity contribution in [2.24, 2.45) is 0 Å². The van der Waals surface area contributed by atoms with E-state index in [-0.39, 0.29) is 10.8 Å². The van der Waals surface area contributed by atoms with Crippen LogP contribution in [0, 0.1) is 6.92 Å². The fraction of sp³-hybridized carbons (Fsp3) is 0.238. The number of pyridine rings is 1. The summed E-state index contributed by atoms with van der Waals surface area (Å²) in [7, 11) is -3.58. The molecular formula is C21H21N3O4S. The Labute approximate surface area is 169 Å². The highest BCUT2D eigenvalue weighted by molar-refractivity contribution is 7.89. The van der Waals surface area contributed by atoms with Gasteiger partial charge in [-0.2, -0.15) is 4.31 Å². The fourth-order valence-electron chi connectivity index (χ4n) is 3.33. The number of hydrogen-bond donors (Lipinski definition) is 1. The van der Waals surface area contributed by atoms with Crippen LogP contribution in [0.15, 0.2) is 59.6 Å². The molecule has 0 spiro atoms. The van der Waals surface area contributed by atoms with Crippen molar-refractivity contribution in [1.82, 2.24) is 9.29 Å². The molecule has 0 radical (unpaired) electrons. The molecule has 8 heteroatoms. The minimum absolute atomic E-state index is 0.168. The van der Waals surface area contributed by atoms with E-state index < -0.39 is 10.0 Å². The Morgan fingerprint density at radius 3 is 2.52 bits per heavy atom. The highest BCUT2D eigenvalue weighted by Crippen LogP contribution is 2.25. The molecule has 1 aliphatic heterocycles. The minimum Gasteiger partial charge on any atom is -0.379 e. The molecule has 1 aromatic heterocycles. The monoisotopic (exact) mass is 411 g/mol. The van der Waals surface area contributed by atoms with Crippen molar-refractivity contribution in [2.45, 2.75) is 11.8 Å². The zero-order valence-electron chi connectivity index (χ0n) is 16.0. The van der Waals surface area contributed by atoms with E-state index >= 15 is 0 Å². The summed E-state index contributed by atoms with van der Waals surface area (Å²) < 4.78 is 32.0. The lowest BCUT2D eigenvalue weighted by molar-refractivity contribution is 0.0730. The van der Waals surface area contributed by atoms with E-state index in [0.717, 1.165) is 16.5 Å². The molecule has 0 bridgehead atoms. The molecule has 2 aromatic carbocycles. The first-order chi connectivity index (χ1) is 14.0. The Morgan fingerprint density at radius 2 is 1.79 bits per heavy atom. The number of hydrogen-bond acceptors (Lipinski definition) is 5. The summed E-state index contributed by atoms with van der Waals surface area (Å²) in [5, 5.41) is 3.75. The highest BCUT2D eigenvalue weighted by Gasteiger charge is 2.26. The Hall–Kier alpha value is -2.81. The number of morpholine rings is 1. The van der Waals surface area contributed by atoms with Crippen LogP contribution in [0.3, 0.4) is 0 Å². The first kappa shape index (κ1) is 19.5. The van der Waals surface area contributed by atoms with Crippen LogP contribution in [-0.4, -0.2) is 49.9 Å². The van der Waals surface area contributed by atoms with Crippen LogP contribution in [0.25, 0.3) is 10.9 Å². The van der Waals surface area contributed by atoms with E-state index in [0.29, 0.717) is 37.6 Å². The van der Waals surface area contributed by atoms with Crippen molar-refractivity contribution in [1.29, 1.82) is 0 Å². The summed E-state index contributed by atoms with van der Waals surface area (Å²) in [4.78, 5) is 17.2. The smallest absolute Gasteiger partial charge is 0.255 e. The third kappa shape index (κ3) is 3.87. The molecule has 2 heterocycles. The van der Waals surface area contributed by atoms with Crippen molar-refractivity contribution in [3.63, 3.8) is 0 Å². The molecule has 150 valence electrons. The Bertz CT molecular complexity index is 1150. The number of fused-ring (bicyclic) bond motifs is 1. The highest BCUT2D eigenvalue weighted by atomic mass is 32.2. The van der Waals surface area contributed by atoms with Gasteiger partial charge in [0.15, 0.2) is 0 Å². The second-order valence-electron chi connectivity index (χ2n) is 6.82. The molecule has 0 atom stereocenters. The molecule has 1 N–H and O–H groups in total. The number of nitrogens with zero attached hydrogens (tertiary/aromatic N) is 2.